The summed E-state index contributed by atoms with van der Waals surface area (Å²) >= 11 is 3.56. The van der Waals surface area contributed by atoms with Crippen LogP contribution in [0.1, 0.15) is 24.8 Å². The molecule has 1 N–H and O–H groups in total. The van der Waals surface area contributed by atoms with E-state index in [2.05, 4.69) is 21.2 Å². The molecule has 5 heteroatoms. The molecule has 0 aliphatic heterocycles. The van der Waals surface area contributed by atoms with Crippen LogP contribution >= 0.6 is 15.9 Å². The molecule has 20 heavy (non-hydrogen) atoms. The van der Waals surface area contributed by atoms with Gasteiger partial charge in [-0.15, -0.1) is 0 Å². The van der Waals surface area contributed by atoms with E-state index >= 15 is 0 Å². The van der Waals surface area contributed by atoms with E-state index in [9.17, 15) is 0 Å². The van der Waals surface area contributed by atoms with Crippen molar-refractivity contribution in [3.8, 4) is 11.5 Å². The predicted molar refractivity (Wildman–Crippen MR) is 84.7 cm³/mol. The topological polar surface area (TPSA) is 39.7 Å². The molecule has 0 radical (unpaired) electrons. The Hall–Kier alpha value is -0.780. The summed E-state index contributed by atoms with van der Waals surface area (Å²) in [5, 5.41) is 3.44. The molecule has 1 rings (SSSR count). The van der Waals surface area contributed by atoms with E-state index in [1.165, 1.54) is 12.0 Å². The van der Waals surface area contributed by atoms with Crippen LogP contribution in [-0.4, -0.2) is 34.5 Å². The summed E-state index contributed by atoms with van der Waals surface area (Å²) in [6.07, 6.45) is 3.47. The van der Waals surface area contributed by atoms with Gasteiger partial charge < -0.3 is 19.5 Å². The average molecular weight is 346 g/mol. The van der Waals surface area contributed by atoms with Crippen molar-refractivity contribution in [3.05, 3.63) is 22.2 Å². The largest absolute Gasteiger partial charge is 0.493 e. The standard InChI is InChI=1S/C15H24BrNO3/c1-18-8-6-4-5-7-17-11-12-9-14(19-2)15(20-3)10-13(12)16/h9-10,17H,4-8,11H2,1-3H3. The van der Waals surface area contributed by atoms with E-state index in [1.807, 2.05) is 12.1 Å². The Bertz CT molecular complexity index is 399. The maximum atomic E-state index is 5.32. The molecular formula is C15H24BrNO3. The molecule has 0 fully saturated rings. The van der Waals surface area contributed by atoms with Gasteiger partial charge in [-0.1, -0.05) is 15.9 Å². The number of hydrogen-bond donors (Lipinski definition) is 1. The lowest BCUT2D eigenvalue weighted by molar-refractivity contribution is 0.192. The third-order valence-electron chi connectivity index (χ3n) is 3.07. The van der Waals surface area contributed by atoms with Gasteiger partial charge in [0.15, 0.2) is 11.5 Å². The van der Waals surface area contributed by atoms with Crippen molar-refractivity contribution in [1.29, 1.82) is 0 Å². The lowest BCUT2D eigenvalue weighted by Gasteiger charge is -2.12. The SMILES string of the molecule is COCCCCCNCc1cc(OC)c(OC)cc1Br. The van der Waals surface area contributed by atoms with E-state index in [-0.39, 0.29) is 0 Å². The van der Waals surface area contributed by atoms with Crippen LogP contribution in [0.2, 0.25) is 0 Å². The highest BCUT2D eigenvalue weighted by atomic mass is 79.9. The molecule has 0 spiro atoms. The van der Waals surface area contributed by atoms with Gasteiger partial charge in [-0.25, -0.2) is 0 Å². The summed E-state index contributed by atoms with van der Waals surface area (Å²) in [7, 11) is 5.04. The highest BCUT2D eigenvalue weighted by molar-refractivity contribution is 9.10. The molecule has 0 bridgehead atoms. The number of ether oxygens (including phenoxy) is 3. The van der Waals surface area contributed by atoms with Crippen LogP contribution < -0.4 is 14.8 Å². The van der Waals surface area contributed by atoms with E-state index < -0.39 is 0 Å². The molecule has 0 aliphatic rings. The van der Waals surface area contributed by atoms with Gasteiger partial charge in [0.25, 0.3) is 0 Å². The van der Waals surface area contributed by atoms with Crippen molar-refractivity contribution in [1.82, 2.24) is 5.32 Å². The smallest absolute Gasteiger partial charge is 0.161 e. The minimum absolute atomic E-state index is 0.739. The van der Waals surface area contributed by atoms with Crippen molar-refractivity contribution in [2.75, 3.05) is 34.5 Å². The van der Waals surface area contributed by atoms with Gasteiger partial charge in [-0.3, -0.25) is 0 Å². The van der Waals surface area contributed by atoms with Gasteiger partial charge in [0, 0.05) is 24.7 Å². The number of unbranched alkanes of at least 4 members (excludes halogenated alkanes) is 2. The zero-order valence-corrected chi connectivity index (χ0v) is 14.1. The molecule has 0 heterocycles. The molecule has 0 aliphatic carbocycles. The van der Waals surface area contributed by atoms with Crippen LogP contribution in [-0.2, 0) is 11.3 Å². The second-order valence-electron chi connectivity index (χ2n) is 4.53. The predicted octanol–water partition coefficient (Wildman–Crippen LogP) is 3.37. The van der Waals surface area contributed by atoms with Gasteiger partial charge in [0.2, 0.25) is 0 Å². The minimum atomic E-state index is 0.739. The molecule has 0 saturated heterocycles. The van der Waals surface area contributed by atoms with Crippen LogP contribution in [0.15, 0.2) is 16.6 Å². The number of nitrogens with one attached hydrogen (secondary N) is 1. The lowest BCUT2D eigenvalue weighted by Crippen LogP contribution is -2.15. The zero-order chi connectivity index (χ0) is 14.8. The Labute approximate surface area is 129 Å². The van der Waals surface area contributed by atoms with Gasteiger partial charge in [0.05, 0.1) is 14.2 Å². The number of hydrogen-bond acceptors (Lipinski definition) is 4. The first-order valence-electron chi connectivity index (χ1n) is 6.83. The summed E-state index contributed by atoms with van der Waals surface area (Å²) in [6.45, 7) is 2.66. The first kappa shape index (κ1) is 17.3. The molecule has 4 nitrogen and oxygen atoms in total. The quantitative estimate of drug-likeness (QED) is 0.660. The summed E-state index contributed by atoms with van der Waals surface area (Å²) in [6, 6.07) is 3.94. The zero-order valence-electron chi connectivity index (χ0n) is 12.5. The van der Waals surface area contributed by atoms with Gasteiger partial charge in [-0.2, -0.15) is 0 Å². The Morgan fingerprint density at radius 1 is 1.00 bits per heavy atom. The van der Waals surface area contributed by atoms with Crippen LogP contribution in [0.4, 0.5) is 0 Å². The Morgan fingerprint density at radius 3 is 2.35 bits per heavy atom. The Balaban J connectivity index is 2.40. The molecule has 1 aromatic carbocycles. The maximum Gasteiger partial charge on any atom is 0.161 e. The lowest BCUT2D eigenvalue weighted by atomic mass is 10.2. The third kappa shape index (κ3) is 5.69. The summed E-state index contributed by atoms with van der Waals surface area (Å²) in [4.78, 5) is 0. The van der Waals surface area contributed by atoms with Crippen LogP contribution in [0, 0.1) is 0 Å². The number of rotatable bonds is 10. The monoisotopic (exact) mass is 345 g/mol. The van der Waals surface area contributed by atoms with Gasteiger partial charge in [0.1, 0.15) is 0 Å². The average Bonchev–Trinajstić information content (AvgIpc) is 2.47. The van der Waals surface area contributed by atoms with Crippen LogP contribution in [0.25, 0.3) is 0 Å². The van der Waals surface area contributed by atoms with E-state index in [1.54, 1.807) is 21.3 Å². The summed E-state index contributed by atoms with van der Waals surface area (Å²) in [5.74, 6) is 1.50. The highest BCUT2D eigenvalue weighted by Gasteiger charge is 2.09. The number of halogens is 1. The van der Waals surface area contributed by atoms with E-state index in [4.69, 9.17) is 14.2 Å². The van der Waals surface area contributed by atoms with Crippen molar-refractivity contribution in [2.24, 2.45) is 0 Å². The fourth-order valence-corrected chi connectivity index (χ4v) is 2.39. The molecule has 0 saturated carbocycles. The van der Waals surface area contributed by atoms with Gasteiger partial charge in [-0.05, 0) is 43.5 Å². The normalized spacial score (nSPS) is 10.6. The van der Waals surface area contributed by atoms with Gasteiger partial charge >= 0.3 is 0 Å². The van der Waals surface area contributed by atoms with E-state index in [0.29, 0.717) is 0 Å². The first-order chi connectivity index (χ1) is 9.72. The van der Waals surface area contributed by atoms with Crippen molar-refractivity contribution >= 4 is 15.9 Å². The molecule has 0 unspecified atom stereocenters. The molecule has 0 aromatic heterocycles. The minimum Gasteiger partial charge on any atom is -0.493 e. The molecule has 0 amide bonds. The third-order valence-corrected chi connectivity index (χ3v) is 3.81. The molecule has 1 aromatic rings. The van der Waals surface area contributed by atoms with Crippen molar-refractivity contribution < 1.29 is 14.2 Å². The number of benzene rings is 1. The highest BCUT2D eigenvalue weighted by Crippen LogP contribution is 2.33. The second-order valence-corrected chi connectivity index (χ2v) is 5.38. The first-order valence-corrected chi connectivity index (χ1v) is 7.62. The second kappa shape index (κ2) is 10.0. The van der Waals surface area contributed by atoms with Crippen molar-refractivity contribution in [2.45, 2.75) is 25.8 Å². The summed E-state index contributed by atoms with van der Waals surface area (Å²) < 4.78 is 16.6. The fourth-order valence-electron chi connectivity index (χ4n) is 1.93. The Morgan fingerprint density at radius 2 is 1.70 bits per heavy atom. The fraction of sp³-hybridized carbons (Fsp3) is 0.600. The van der Waals surface area contributed by atoms with Crippen LogP contribution in [0.3, 0.4) is 0 Å². The molecular weight excluding hydrogens is 322 g/mol. The van der Waals surface area contributed by atoms with Crippen molar-refractivity contribution in [3.63, 3.8) is 0 Å². The molecule has 114 valence electrons. The van der Waals surface area contributed by atoms with E-state index in [0.717, 1.165) is 48.5 Å². The Kier molecular flexibility index (Phi) is 8.65. The summed E-state index contributed by atoms with van der Waals surface area (Å²) in [5.41, 5.74) is 1.17. The number of methoxy groups -OCH3 is 3. The molecule has 0 atom stereocenters. The van der Waals surface area contributed by atoms with Crippen LogP contribution in [0.5, 0.6) is 11.5 Å². The maximum absolute atomic E-state index is 5.32.